The van der Waals surface area contributed by atoms with E-state index in [1.54, 1.807) is 0 Å². The number of amides is 1. The predicted octanol–water partition coefficient (Wildman–Crippen LogP) is 3.16. The molecule has 1 saturated heterocycles. The smallest absolute Gasteiger partial charge is 0.245 e. The standard InChI is InChI=1S/C13H20INO/c1-2-12(16)15-9-7-13(8-10-15)5-3-11(14)4-6-13/h2,11H,1,3-10H2. The Morgan fingerprint density at radius 2 is 1.81 bits per heavy atom. The monoisotopic (exact) mass is 333 g/mol. The Balaban J connectivity index is 1.89. The Hall–Kier alpha value is -0.0600. The van der Waals surface area contributed by atoms with Gasteiger partial charge in [-0.1, -0.05) is 29.2 Å². The van der Waals surface area contributed by atoms with Crippen LogP contribution in [-0.4, -0.2) is 27.8 Å². The maximum atomic E-state index is 11.5. The summed E-state index contributed by atoms with van der Waals surface area (Å²) >= 11 is 2.58. The number of halogens is 1. The van der Waals surface area contributed by atoms with E-state index >= 15 is 0 Å². The average Bonchev–Trinajstić information content (AvgIpc) is 2.33. The first-order valence-electron chi connectivity index (χ1n) is 6.21. The Labute approximate surface area is 112 Å². The molecular weight excluding hydrogens is 313 g/mol. The number of carbonyl (C=O) groups excluding carboxylic acids is 1. The Morgan fingerprint density at radius 3 is 2.31 bits per heavy atom. The van der Waals surface area contributed by atoms with Gasteiger partial charge in [0.15, 0.2) is 0 Å². The molecule has 0 aromatic rings. The lowest BCUT2D eigenvalue weighted by molar-refractivity contribution is -0.128. The average molecular weight is 333 g/mol. The lowest BCUT2D eigenvalue weighted by atomic mass is 9.68. The summed E-state index contributed by atoms with van der Waals surface area (Å²) in [6.45, 7) is 5.44. The highest BCUT2D eigenvalue weighted by Gasteiger charge is 2.37. The molecule has 1 aliphatic carbocycles. The minimum atomic E-state index is 0.109. The van der Waals surface area contributed by atoms with Gasteiger partial charge in [-0.25, -0.2) is 0 Å². The van der Waals surface area contributed by atoms with Crippen molar-refractivity contribution in [2.75, 3.05) is 13.1 Å². The van der Waals surface area contributed by atoms with Crippen LogP contribution in [-0.2, 0) is 4.79 Å². The zero-order valence-electron chi connectivity index (χ0n) is 9.75. The van der Waals surface area contributed by atoms with Crippen LogP contribution in [0.1, 0.15) is 38.5 Å². The van der Waals surface area contributed by atoms with Crippen molar-refractivity contribution < 1.29 is 4.79 Å². The molecule has 0 atom stereocenters. The molecule has 1 aliphatic heterocycles. The minimum Gasteiger partial charge on any atom is -0.339 e. The third-order valence-corrected chi connectivity index (χ3v) is 5.53. The van der Waals surface area contributed by atoms with E-state index in [1.165, 1.54) is 44.6 Å². The number of piperidine rings is 1. The molecule has 2 fully saturated rings. The normalized spacial score (nSPS) is 25.7. The molecule has 1 spiro atoms. The molecule has 3 heteroatoms. The van der Waals surface area contributed by atoms with Crippen molar-refractivity contribution in [1.29, 1.82) is 0 Å². The van der Waals surface area contributed by atoms with E-state index in [-0.39, 0.29) is 5.91 Å². The fraction of sp³-hybridized carbons (Fsp3) is 0.769. The van der Waals surface area contributed by atoms with Gasteiger partial charge in [-0.3, -0.25) is 4.79 Å². The van der Waals surface area contributed by atoms with Gasteiger partial charge >= 0.3 is 0 Å². The number of hydrogen-bond acceptors (Lipinski definition) is 1. The first-order valence-corrected chi connectivity index (χ1v) is 7.45. The molecule has 2 rings (SSSR count). The maximum absolute atomic E-state index is 11.5. The topological polar surface area (TPSA) is 20.3 Å². The van der Waals surface area contributed by atoms with Crippen LogP contribution in [0.5, 0.6) is 0 Å². The molecule has 2 aliphatic rings. The highest BCUT2D eigenvalue weighted by atomic mass is 127. The van der Waals surface area contributed by atoms with Crippen LogP contribution in [0.3, 0.4) is 0 Å². The van der Waals surface area contributed by atoms with Gasteiger partial charge in [0, 0.05) is 17.0 Å². The lowest BCUT2D eigenvalue weighted by Gasteiger charge is -2.45. The fourth-order valence-corrected chi connectivity index (χ4v) is 3.65. The van der Waals surface area contributed by atoms with E-state index in [0.717, 1.165) is 17.0 Å². The second-order valence-corrected chi connectivity index (χ2v) is 6.97. The molecule has 90 valence electrons. The number of alkyl halides is 1. The zero-order valence-corrected chi connectivity index (χ0v) is 11.9. The fourth-order valence-electron chi connectivity index (χ4n) is 3.03. The van der Waals surface area contributed by atoms with E-state index in [0.29, 0.717) is 5.41 Å². The Morgan fingerprint density at radius 1 is 1.25 bits per heavy atom. The molecule has 1 heterocycles. The molecule has 0 unspecified atom stereocenters. The molecule has 0 aromatic heterocycles. The molecule has 0 bridgehead atoms. The van der Waals surface area contributed by atoms with E-state index in [2.05, 4.69) is 29.2 Å². The van der Waals surface area contributed by atoms with E-state index < -0.39 is 0 Å². The SMILES string of the molecule is C=CC(=O)N1CCC2(CCC(I)CC2)CC1. The number of hydrogen-bond donors (Lipinski definition) is 0. The second-order valence-electron chi connectivity index (χ2n) is 5.20. The molecule has 16 heavy (non-hydrogen) atoms. The van der Waals surface area contributed by atoms with E-state index in [9.17, 15) is 4.79 Å². The summed E-state index contributed by atoms with van der Waals surface area (Å²) in [6.07, 6.45) is 9.34. The van der Waals surface area contributed by atoms with Crippen LogP contribution in [0.2, 0.25) is 0 Å². The third-order valence-electron chi connectivity index (χ3n) is 4.29. The van der Waals surface area contributed by atoms with Gasteiger partial charge < -0.3 is 4.90 Å². The van der Waals surface area contributed by atoms with Gasteiger partial charge in [0.1, 0.15) is 0 Å². The molecule has 0 aromatic carbocycles. The van der Waals surface area contributed by atoms with Crippen LogP contribution in [0.15, 0.2) is 12.7 Å². The zero-order chi connectivity index (χ0) is 11.6. The van der Waals surface area contributed by atoms with Crippen LogP contribution in [0.4, 0.5) is 0 Å². The van der Waals surface area contributed by atoms with Crippen LogP contribution < -0.4 is 0 Å². The summed E-state index contributed by atoms with van der Waals surface area (Å²) in [5, 5.41) is 0. The van der Waals surface area contributed by atoms with Gasteiger partial charge in [0.2, 0.25) is 5.91 Å². The quantitative estimate of drug-likeness (QED) is 0.410. The molecule has 0 radical (unpaired) electrons. The van der Waals surface area contributed by atoms with Gasteiger partial charge in [-0.2, -0.15) is 0 Å². The third kappa shape index (κ3) is 2.60. The van der Waals surface area contributed by atoms with Crippen LogP contribution in [0, 0.1) is 5.41 Å². The molecular formula is C13H20INO. The largest absolute Gasteiger partial charge is 0.339 e. The van der Waals surface area contributed by atoms with Crippen LogP contribution in [0.25, 0.3) is 0 Å². The molecule has 1 saturated carbocycles. The summed E-state index contributed by atoms with van der Waals surface area (Å²) in [6, 6.07) is 0. The van der Waals surface area contributed by atoms with Crippen molar-refractivity contribution >= 4 is 28.5 Å². The summed E-state index contributed by atoms with van der Waals surface area (Å²) in [5.41, 5.74) is 0.569. The van der Waals surface area contributed by atoms with Gasteiger partial charge in [0.25, 0.3) is 0 Å². The van der Waals surface area contributed by atoms with Crippen molar-refractivity contribution in [3.05, 3.63) is 12.7 Å². The highest BCUT2D eigenvalue weighted by molar-refractivity contribution is 14.1. The van der Waals surface area contributed by atoms with Gasteiger partial charge in [0.05, 0.1) is 0 Å². The summed E-state index contributed by atoms with van der Waals surface area (Å²) in [5.74, 6) is 0.109. The van der Waals surface area contributed by atoms with Crippen molar-refractivity contribution in [1.82, 2.24) is 4.90 Å². The van der Waals surface area contributed by atoms with Gasteiger partial charge in [-0.15, -0.1) is 0 Å². The summed E-state index contributed by atoms with van der Waals surface area (Å²) < 4.78 is 0.885. The minimum absolute atomic E-state index is 0.109. The van der Waals surface area contributed by atoms with Crippen molar-refractivity contribution in [2.24, 2.45) is 5.41 Å². The van der Waals surface area contributed by atoms with Crippen molar-refractivity contribution in [3.8, 4) is 0 Å². The van der Waals surface area contributed by atoms with Gasteiger partial charge in [-0.05, 0) is 50.0 Å². The molecule has 0 N–H and O–H groups in total. The highest BCUT2D eigenvalue weighted by Crippen LogP contribution is 2.46. The summed E-state index contributed by atoms with van der Waals surface area (Å²) in [4.78, 5) is 13.4. The van der Waals surface area contributed by atoms with Crippen molar-refractivity contribution in [2.45, 2.75) is 42.4 Å². The maximum Gasteiger partial charge on any atom is 0.245 e. The van der Waals surface area contributed by atoms with E-state index in [1.807, 2.05) is 4.90 Å². The first kappa shape index (κ1) is 12.4. The van der Waals surface area contributed by atoms with Crippen LogP contribution >= 0.6 is 22.6 Å². The number of carbonyl (C=O) groups is 1. The van der Waals surface area contributed by atoms with Crippen molar-refractivity contribution in [3.63, 3.8) is 0 Å². The van der Waals surface area contributed by atoms with E-state index in [4.69, 9.17) is 0 Å². The number of nitrogens with zero attached hydrogens (tertiary/aromatic N) is 1. The second kappa shape index (κ2) is 5.07. The molecule has 2 nitrogen and oxygen atoms in total. The summed E-state index contributed by atoms with van der Waals surface area (Å²) in [7, 11) is 0. The Kier molecular flexibility index (Phi) is 3.93. The first-order chi connectivity index (χ1) is 7.65. The number of rotatable bonds is 1. The molecule has 1 amide bonds. The lowest BCUT2D eigenvalue weighted by Crippen LogP contribution is -2.44. The Bertz CT molecular complexity index is 272. The predicted molar refractivity (Wildman–Crippen MR) is 74.7 cm³/mol. The number of likely N-dealkylation sites (tertiary alicyclic amines) is 1.